The number of imide groups is 1. The van der Waals surface area contributed by atoms with Gasteiger partial charge >= 0.3 is 0 Å². The van der Waals surface area contributed by atoms with Crippen LogP contribution in [-0.4, -0.2) is 16.0 Å². The van der Waals surface area contributed by atoms with E-state index in [0.29, 0.717) is 28.0 Å². The number of nitrogens with zero attached hydrogens (tertiary/aromatic N) is 2. The van der Waals surface area contributed by atoms with Crippen LogP contribution >= 0.6 is 11.8 Å². The molecule has 7 heteroatoms. The van der Waals surface area contributed by atoms with Gasteiger partial charge in [-0.25, -0.2) is 4.39 Å². The van der Waals surface area contributed by atoms with E-state index >= 15 is 0 Å². The molecule has 0 aliphatic carbocycles. The smallest absolute Gasteiger partial charge is 0.293 e. The molecule has 4 rings (SSSR count). The summed E-state index contributed by atoms with van der Waals surface area (Å²) in [4.78, 5) is 26.8. The number of para-hydroxylation sites is 1. The van der Waals surface area contributed by atoms with Gasteiger partial charge in [0.05, 0.1) is 23.1 Å². The van der Waals surface area contributed by atoms with Gasteiger partial charge in [0.2, 0.25) is 0 Å². The van der Waals surface area contributed by atoms with Crippen molar-refractivity contribution in [2.24, 2.45) is 0 Å². The SMILES string of the molecule is N#Cc1ccccc1CN1C(=O)S/C(=C/c2ccccc2OCc2ccccc2F)C1=O. The summed E-state index contributed by atoms with van der Waals surface area (Å²) in [6, 6.07) is 22.3. The van der Waals surface area contributed by atoms with Gasteiger partial charge in [0, 0.05) is 11.1 Å². The van der Waals surface area contributed by atoms with E-state index in [1.807, 2.05) is 0 Å². The molecule has 2 amide bonds. The Hall–Kier alpha value is -3.89. The molecule has 158 valence electrons. The van der Waals surface area contributed by atoms with E-state index in [0.717, 1.165) is 16.7 Å². The summed E-state index contributed by atoms with van der Waals surface area (Å²) in [6.45, 7) is 0.0567. The fourth-order valence-corrected chi connectivity index (χ4v) is 4.05. The summed E-state index contributed by atoms with van der Waals surface area (Å²) < 4.78 is 19.7. The van der Waals surface area contributed by atoms with Crippen LogP contribution in [0, 0.1) is 17.1 Å². The number of rotatable bonds is 6. The van der Waals surface area contributed by atoms with Gasteiger partial charge in [-0.15, -0.1) is 0 Å². The average Bonchev–Trinajstić information content (AvgIpc) is 3.07. The minimum absolute atomic E-state index is 0.0250. The predicted octanol–water partition coefficient (Wildman–Crippen LogP) is 5.51. The molecule has 5 nitrogen and oxygen atoms in total. The molecule has 0 unspecified atom stereocenters. The van der Waals surface area contributed by atoms with Crippen molar-refractivity contribution in [3.63, 3.8) is 0 Å². The number of ether oxygens (including phenoxy) is 1. The van der Waals surface area contributed by atoms with Crippen molar-refractivity contribution in [2.75, 3.05) is 0 Å². The molecule has 1 heterocycles. The highest BCUT2D eigenvalue weighted by Gasteiger charge is 2.35. The Balaban J connectivity index is 1.54. The quantitative estimate of drug-likeness (QED) is 0.469. The summed E-state index contributed by atoms with van der Waals surface area (Å²) >= 11 is 0.835. The maximum absolute atomic E-state index is 13.9. The third kappa shape index (κ3) is 4.56. The Bertz CT molecular complexity index is 1270. The zero-order valence-electron chi connectivity index (χ0n) is 16.8. The number of hydrogen-bond donors (Lipinski definition) is 0. The molecule has 32 heavy (non-hydrogen) atoms. The van der Waals surface area contributed by atoms with E-state index in [-0.39, 0.29) is 23.9 Å². The zero-order chi connectivity index (χ0) is 22.5. The number of thioether (sulfide) groups is 1. The molecule has 3 aromatic carbocycles. The molecule has 0 radical (unpaired) electrons. The van der Waals surface area contributed by atoms with E-state index in [9.17, 15) is 19.2 Å². The molecule has 0 bridgehead atoms. The molecule has 0 atom stereocenters. The Kier molecular flexibility index (Phi) is 6.34. The fourth-order valence-electron chi connectivity index (χ4n) is 3.22. The molecule has 1 aliphatic heterocycles. The lowest BCUT2D eigenvalue weighted by Crippen LogP contribution is -2.27. The highest BCUT2D eigenvalue weighted by Crippen LogP contribution is 2.35. The van der Waals surface area contributed by atoms with Gasteiger partial charge in [-0.1, -0.05) is 54.6 Å². The van der Waals surface area contributed by atoms with E-state index in [4.69, 9.17) is 4.74 Å². The van der Waals surface area contributed by atoms with Crippen LogP contribution in [0.3, 0.4) is 0 Å². The molecule has 1 saturated heterocycles. The lowest BCUT2D eigenvalue weighted by atomic mass is 10.1. The second kappa shape index (κ2) is 9.50. The second-order valence-corrected chi connectivity index (χ2v) is 7.95. The lowest BCUT2D eigenvalue weighted by molar-refractivity contribution is -0.123. The minimum atomic E-state index is -0.434. The third-order valence-electron chi connectivity index (χ3n) is 4.89. The monoisotopic (exact) mass is 444 g/mol. The predicted molar refractivity (Wildman–Crippen MR) is 120 cm³/mol. The Labute approximate surface area is 188 Å². The Morgan fingerprint density at radius 1 is 0.969 bits per heavy atom. The van der Waals surface area contributed by atoms with Gasteiger partial charge in [-0.2, -0.15) is 5.26 Å². The van der Waals surface area contributed by atoms with Crippen LogP contribution in [-0.2, 0) is 17.9 Å². The van der Waals surface area contributed by atoms with Gasteiger partial charge in [0.15, 0.2) is 0 Å². The summed E-state index contributed by atoms with van der Waals surface area (Å²) in [5.41, 5.74) is 2.04. The zero-order valence-corrected chi connectivity index (χ0v) is 17.6. The number of halogens is 1. The molecule has 0 spiro atoms. The standard InChI is InChI=1S/C25H17FN2O3S/c26-21-11-5-3-10-20(21)16-31-22-12-6-4-7-17(22)13-23-24(29)28(25(30)32-23)15-19-9-2-1-8-18(19)14-27/h1-13H,15-16H2/b23-13+. The number of benzene rings is 3. The molecule has 1 aliphatic rings. The van der Waals surface area contributed by atoms with Crippen molar-refractivity contribution in [1.82, 2.24) is 4.90 Å². The highest BCUT2D eigenvalue weighted by molar-refractivity contribution is 8.18. The van der Waals surface area contributed by atoms with Crippen LogP contribution in [0.4, 0.5) is 9.18 Å². The number of amides is 2. The van der Waals surface area contributed by atoms with Gasteiger partial charge < -0.3 is 4.74 Å². The maximum atomic E-state index is 13.9. The molecular formula is C25H17FN2O3S. The molecular weight excluding hydrogens is 427 g/mol. The fraction of sp³-hybridized carbons (Fsp3) is 0.0800. The van der Waals surface area contributed by atoms with Gasteiger partial charge in [-0.3, -0.25) is 14.5 Å². The third-order valence-corrected chi connectivity index (χ3v) is 5.79. The van der Waals surface area contributed by atoms with Gasteiger partial charge in [0.1, 0.15) is 18.2 Å². The van der Waals surface area contributed by atoms with Crippen molar-refractivity contribution in [3.8, 4) is 11.8 Å². The van der Waals surface area contributed by atoms with Crippen molar-refractivity contribution < 1.29 is 18.7 Å². The van der Waals surface area contributed by atoms with Crippen LogP contribution in [0.5, 0.6) is 5.75 Å². The van der Waals surface area contributed by atoms with Crippen LogP contribution in [0.15, 0.2) is 77.7 Å². The van der Waals surface area contributed by atoms with Crippen LogP contribution in [0.1, 0.15) is 22.3 Å². The lowest BCUT2D eigenvalue weighted by Gasteiger charge is -2.13. The average molecular weight is 444 g/mol. The number of carbonyl (C=O) groups is 2. The van der Waals surface area contributed by atoms with E-state index in [1.165, 1.54) is 6.07 Å². The second-order valence-electron chi connectivity index (χ2n) is 6.95. The van der Waals surface area contributed by atoms with Gasteiger partial charge in [0.25, 0.3) is 11.1 Å². The Morgan fingerprint density at radius 3 is 2.44 bits per heavy atom. The van der Waals surface area contributed by atoms with E-state index < -0.39 is 11.1 Å². The van der Waals surface area contributed by atoms with E-state index in [2.05, 4.69) is 6.07 Å². The Morgan fingerprint density at radius 2 is 1.66 bits per heavy atom. The molecule has 0 aromatic heterocycles. The molecule has 1 fully saturated rings. The van der Waals surface area contributed by atoms with Crippen molar-refractivity contribution in [1.29, 1.82) is 5.26 Å². The van der Waals surface area contributed by atoms with Crippen LogP contribution in [0.25, 0.3) is 6.08 Å². The largest absolute Gasteiger partial charge is 0.488 e. The van der Waals surface area contributed by atoms with Crippen molar-refractivity contribution in [2.45, 2.75) is 13.2 Å². The van der Waals surface area contributed by atoms with Crippen LogP contribution < -0.4 is 4.74 Å². The number of nitriles is 1. The molecule has 0 saturated carbocycles. The first-order valence-corrected chi connectivity index (χ1v) is 10.6. The first kappa shape index (κ1) is 21.3. The molecule has 0 N–H and O–H groups in total. The van der Waals surface area contributed by atoms with E-state index in [1.54, 1.807) is 72.8 Å². The topological polar surface area (TPSA) is 70.4 Å². The summed E-state index contributed by atoms with van der Waals surface area (Å²) in [5, 5.41) is 8.86. The highest BCUT2D eigenvalue weighted by atomic mass is 32.2. The van der Waals surface area contributed by atoms with Gasteiger partial charge in [-0.05, 0) is 41.6 Å². The van der Waals surface area contributed by atoms with Crippen LogP contribution in [0.2, 0.25) is 0 Å². The number of carbonyl (C=O) groups excluding carboxylic acids is 2. The summed E-state index contributed by atoms with van der Waals surface area (Å²) in [5.74, 6) is -0.322. The summed E-state index contributed by atoms with van der Waals surface area (Å²) in [7, 11) is 0. The minimum Gasteiger partial charge on any atom is -0.488 e. The maximum Gasteiger partial charge on any atom is 0.293 e. The normalized spacial score (nSPS) is 14.6. The van der Waals surface area contributed by atoms with Crippen molar-refractivity contribution >= 4 is 29.0 Å². The first-order valence-electron chi connectivity index (χ1n) is 9.75. The summed E-state index contributed by atoms with van der Waals surface area (Å²) in [6.07, 6.45) is 1.60. The van der Waals surface area contributed by atoms with Crippen molar-refractivity contribution in [3.05, 3.63) is 106 Å². The number of hydrogen-bond acceptors (Lipinski definition) is 5. The first-order chi connectivity index (χ1) is 15.6. The molecule has 3 aromatic rings.